The average Bonchev–Trinajstić information content (AvgIpc) is 2.75. The van der Waals surface area contributed by atoms with Crippen LogP contribution in [-0.2, 0) is 4.74 Å². The Balaban J connectivity index is 1.42. The molecule has 4 atom stereocenters. The molecule has 0 aromatic heterocycles. The molecule has 0 unspecified atom stereocenters. The number of aliphatic hydroxyl groups excluding tert-OH is 1. The van der Waals surface area contributed by atoms with Crippen molar-refractivity contribution in [2.24, 2.45) is 5.92 Å². The molecular weight excluding hydrogens is 447 g/mol. The first kappa shape index (κ1) is 20.4. The number of anilines is 1. The molecule has 30 heavy (non-hydrogen) atoms. The highest BCUT2D eigenvalue weighted by atomic mass is 79.9. The summed E-state index contributed by atoms with van der Waals surface area (Å²) in [5, 5.41) is 13.3. The topological polar surface area (TPSA) is 44.7 Å². The lowest BCUT2D eigenvalue weighted by Gasteiger charge is -2.46. The Labute approximate surface area is 185 Å². The molecule has 3 heterocycles. The predicted octanol–water partition coefficient (Wildman–Crippen LogP) is 5.05. The first-order chi connectivity index (χ1) is 14.6. The normalized spacial score (nSPS) is 29.7. The minimum absolute atomic E-state index is 0.0328. The minimum Gasteiger partial charge on any atom is -0.393 e. The summed E-state index contributed by atoms with van der Waals surface area (Å²) >= 11 is 3.46. The van der Waals surface area contributed by atoms with Gasteiger partial charge < -0.3 is 20.1 Å². The van der Waals surface area contributed by atoms with Gasteiger partial charge >= 0.3 is 0 Å². The number of likely N-dealkylation sites (tertiary alicyclic amines) is 1. The van der Waals surface area contributed by atoms with Crippen LogP contribution in [0.3, 0.4) is 0 Å². The molecule has 0 spiro atoms. The van der Waals surface area contributed by atoms with Crippen molar-refractivity contribution in [2.75, 3.05) is 25.0 Å². The van der Waals surface area contributed by atoms with Crippen LogP contribution >= 0.6 is 15.9 Å². The van der Waals surface area contributed by atoms with Crippen LogP contribution in [0.25, 0.3) is 0 Å². The lowest BCUT2D eigenvalue weighted by Crippen LogP contribution is -2.45. The van der Waals surface area contributed by atoms with Gasteiger partial charge in [0.15, 0.2) is 0 Å². The molecule has 0 amide bonds. The van der Waals surface area contributed by atoms with Crippen molar-refractivity contribution in [3.05, 3.63) is 63.9 Å². The number of hydrogen-bond acceptors (Lipinski definition) is 4. The molecule has 0 aliphatic carbocycles. The van der Waals surface area contributed by atoms with Crippen LogP contribution in [0.1, 0.15) is 49.0 Å². The van der Waals surface area contributed by atoms with Crippen LogP contribution in [0, 0.1) is 11.7 Å². The molecule has 0 bridgehead atoms. The zero-order chi connectivity index (χ0) is 20.7. The minimum atomic E-state index is -0.241. The molecular formula is C24H28BrFN2O2. The average molecular weight is 475 g/mol. The smallest absolute Gasteiger partial charge is 0.147 e. The first-order valence-electron chi connectivity index (χ1n) is 10.9. The number of piperidine rings is 1. The van der Waals surface area contributed by atoms with Crippen molar-refractivity contribution in [3.63, 3.8) is 0 Å². The van der Waals surface area contributed by atoms with Gasteiger partial charge in [-0.3, -0.25) is 0 Å². The van der Waals surface area contributed by atoms with Gasteiger partial charge in [0, 0.05) is 35.6 Å². The summed E-state index contributed by atoms with van der Waals surface area (Å²) in [5.74, 6) is 0.0162. The SMILES string of the molecule is OC1CCN(C[C@H]2CC[C@@H]3[C@H](O2)c2cc(Br)cc(F)c2N[C@H]3c2ccccc2)CC1. The van der Waals surface area contributed by atoms with E-state index in [0.29, 0.717) is 5.69 Å². The molecule has 2 aromatic rings. The number of fused-ring (bicyclic) bond motifs is 3. The van der Waals surface area contributed by atoms with Crippen LogP contribution in [0.4, 0.5) is 10.1 Å². The molecule has 2 aromatic carbocycles. The lowest BCUT2D eigenvalue weighted by molar-refractivity contribution is -0.106. The van der Waals surface area contributed by atoms with Gasteiger partial charge in [-0.05, 0) is 43.4 Å². The summed E-state index contributed by atoms with van der Waals surface area (Å²) in [6, 6.07) is 13.9. The molecule has 3 aliphatic heterocycles. The molecule has 2 saturated heterocycles. The van der Waals surface area contributed by atoms with E-state index in [2.05, 4.69) is 38.3 Å². The van der Waals surface area contributed by atoms with Gasteiger partial charge in [0.05, 0.1) is 30.0 Å². The number of rotatable bonds is 3. The molecule has 0 saturated carbocycles. The van der Waals surface area contributed by atoms with Gasteiger partial charge in [-0.1, -0.05) is 46.3 Å². The van der Waals surface area contributed by atoms with Crippen molar-refractivity contribution in [1.82, 2.24) is 4.90 Å². The third-order valence-electron chi connectivity index (χ3n) is 6.85. The van der Waals surface area contributed by atoms with Crippen molar-refractivity contribution >= 4 is 21.6 Å². The zero-order valence-electron chi connectivity index (χ0n) is 16.9. The molecule has 160 valence electrons. The van der Waals surface area contributed by atoms with Gasteiger partial charge in [-0.2, -0.15) is 0 Å². The second-order valence-electron chi connectivity index (χ2n) is 8.84. The fourth-order valence-electron chi connectivity index (χ4n) is 5.30. The van der Waals surface area contributed by atoms with Crippen molar-refractivity contribution < 1.29 is 14.2 Å². The van der Waals surface area contributed by atoms with E-state index in [1.807, 2.05) is 24.3 Å². The van der Waals surface area contributed by atoms with Gasteiger partial charge in [-0.25, -0.2) is 4.39 Å². The Hall–Kier alpha value is -1.47. The van der Waals surface area contributed by atoms with E-state index in [0.717, 1.165) is 55.4 Å². The third kappa shape index (κ3) is 4.03. The monoisotopic (exact) mass is 474 g/mol. The summed E-state index contributed by atoms with van der Waals surface area (Å²) in [6.07, 6.45) is 3.53. The number of benzene rings is 2. The first-order valence-corrected chi connectivity index (χ1v) is 11.7. The van der Waals surface area contributed by atoms with Gasteiger partial charge in [0.1, 0.15) is 5.82 Å². The predicted molar refractivity (Wildman–Crippen MR) is 119 cm³/mol. The molecule has 0 radical (unpaired) electrons. The summed E-state index contributed by atoms with van der Waals surface area (Å²) < 4.78 is 22.3. The largest absolute Gasteiger partial charge is 0.393 e. The van der Waals surface area contributed by atoms with E-state index in [1.165, 1.54) is 11.6 Å². The molecule has 3 aliphatic rings. The van der Waals surface area contributed by atoms with Crippen LogP contribution in [0.2, 0.25) is 0 Å². The number of nitrogens with zero attached hydrogens (tertiary/aromatic N) is 1. The lowest BCUT2D eigenvalue weighted by atomic mass is 9.76. The molecule has 4 nitrogen and oxygen atoms in total. The van der Waals surface area contributed by atoms with E-state index in [4.69, 9.17) is 4.74 Å². The maximum atomic E-state index is 14.9. The van der Waals surface area contributed by atoms with Crippen molar-refractivity contribution in [3.8, 4) is 0 Å². The molecule has 6 heteroatoms. The highest BCUT2D eigenvalue weighted by Gasteiger charge is 2.43. The number of ether oxygens (including phenoxy) is 1. The summed E-state index contributed by atoms with van der Waals surface area (Å²) in [5.41, 5.74) is 2.65. The fourth-order valence-corrected chi connectivity index (χ4v) is 5.75. The molecule has 5 rings (SSSR count). The van der Waals surface area contributed by atoms with Crippen LogP contribution in [0.15, 0.2) is 46.9 Å². The fraction of sp³-hybridized carbons (Fsp3) is 0.500. The van der Waals surface area contributed by atoms with E-state index >= 15 is 0 Å². The molecule has 2 fully saturated rings. The highest BCUT2D eigenvalue weighted by Crippen LogP contribution is 2.51. The Bertz CT molecular complexity index is 888. The van der Waals surface area contributed by atoms with E-state index in [1.54, 1.807) is 0 Å². The van der Waals surface area contributed by atoms with Crippen molar-refractivity contribution in [2.45, 2.75) is 50.0 Å². The number of aliphatic hydroxyl groups is 1. The number of nitrogens with one attached hydrogen (secondary N) is 1. The Morgan fingerprint density at radius 3 is 2.63 bits per heavy atom. The second-order valence-corrected chi connectivity index (χ2v) is 9.75. The summed E-state index contributed by atoms with van der Waals surface area (Å²) in [4.78, 5) is 2.40. The van der Waals surface area contributed by atoms with Gasteiger partial charge in [0.2, 0.25) is 0 Å². The standard InChI is InChI=1S/C24H28BrFN2O2/c25-16-12-20-23(21(26)13-16)27-22(15-4-2-1-3-5-15)19-7-6-18(30-24(19)20)14-28-10-8-17(29)9-11-28/h1-5,12-13,17-19,22,24,27,29H,6-11,14H2/t18-,19+,22+,24+/m1/s1. The summed E-state index contributed by atoms with van der Waals surface area (Å²) in [6.45, 7) is 2.71. The summed E-state index contributed by atoms with van der Waals surface area (Å²) in [7, 11) is 0. The van der Waals surface area contributed by atoms with Gasteiger partial charge in [-0.15, -0.1) is 0 Å². The Morgan fingerprint density at radius 2 is 1.87 bits per heavy atom. The van der Waals surface area contributed by atoms with Crippen LogP contribution < -0.4 is 5.32 Å². The third-order valence-corrected chi connectivity index (χ3v) is 7.31. The number of halogens is 2. The zero-order valence-corrected chi connectivity index (χ0v) is 18.5. The quantitative estimate of drug-likeness (QED) is 0.653. The van der Waals surface area contributed by atoms with Crippen LogP contribution in [0.5, 0.6) is 0 Å². The molecule has 2 N–H and O–H groups in total. The highest BCUT2D eigenvalue weighted by molar-refractivity contribution is 9.10. The Morgan fingerprint density at radius 1 is 1.10 bits per heavy atom. The number of hydrogen-bond donors (Lipinski definition) is 2. The maximum Gasteiger partial charge on any atom is 0.147 e. The van der Waals surface area contributed by atoms with E-state index < -0.39 is 0 Å². The van der Waals surface area contributed by atoms with Crippen molar-refractivity contribution in [1.29, 1.82) is 0 Å². The second kappa shape index (κ2) is 8.58. The van der Waals surface area contributed by atoms with Gasteiger partial charge in [0.25, 0.3) is 0 Å². The van der Waals surface area contributed by atoms with E-state index in [-0.39, 0.29) is 36.1 Å². The Kier molecular flexibility index (Phi) is 5.84. The van der Waals surface area contributed by atoms with E-state index in [9.17, 15) is 9.50 Å². The maximum absolute atomic E-state index is 14.9. The van der Waals surface area contributed by atoms with Crippen LogP contribution in [-0.4, -0.2) is 41.8 Å².